The van der Waals surface area contributed by atoms with Gasteiger partial charge in [0.05, 0.1) is 5.41 Å². The first-order valence-electron chi connectivity index (χ1n) is 7.99. The van der Waals surface area contributed by atoms with E-state index in [0.717, 1.165) is 32.4 Å². The molecular formula is C15H27N3O. The zero-order chi connectivity index (χ0) is 13.3. The van der Waals surface area contributed by atoms with Crippen molar-refractivity contribution < 1.29 is 4.79 Å². The highest BCUT2D eigenvalue weighted by molar-refractivity contribution is 5.83. The van der Waals surface area contributed by atoms with E-state index in [9.17, 15) is 4.79 Å². The van der Waals surface area contributed by atoms with Gasteiger partial charge in [-0.15, -0.1) is 0 Å². The maximum Gasteiger partial charge on any atom is 0.230 e. The molecule has 3 aliphatic rings. The van der Waals surface area contributed by atoms with Gasteiger partial charge in [0.1, 0.15) is 0 Å². The highest BCUT2D eigenvalue weighted by Gasteiger charge is 2.44. The number of nitrogens with two attached hydrogens (primary N) is 1. The van der Waals surface area contributed by atoms with E-state index in [4.69, 9.17) is 5.73 Å². The van der Waals surface area contributed by atoms with Crippen LogP contribution >= 0.6 is 0 Å². The Labute approximate surface area is 116 Å². The molecule has 3 fully saturated rings. The topological polar surface area (TPSA) is 49.6 Å². The molecule has 0 aromatic carbocycles. The van der Waals surface area contributed by atoms with Gasteiger partial charge >= 0.3 is 0 Å². The van der Waals surface area contributed by atoms with Crippen molar-refractivity contribution in [2.45, 2.75) is 51.0 Å². The highest BCUT2D eigenvalue weighted by Crippen LogP contribution is 2.39. The summed E-state index contributed by atoms with van der Waals surface area (Å²) in [5, 5.41) is 0. The van der Waals surface area contributed by atoms with Crippen LogP contribution in [0.4, 0.5) is 0 Å². The molecule has 1 saturated carbocycles. The average molecular weight is 265 g/mol. The largest absolute Gasteiger partial charge is 0.341 e. The molecular weight excluding hydrogens is 238 g/mol. The quantitative estimate of drug-likeness (QED) is 0.834. The molecule has 2 N–H and O–H groups in total. The number of amides is 1. The van der Waals surface area contributed by atoms with Crippen LogP contribution in [-0.2, 0) is 4.79 Å². The van der Waals surface area contributed by atoms with Crippen LogP contribution in [0.15, 0.2) is 0 Å². The van der Waals surface area contributed by atoms with Crippen LogP contribution in [0.5, 0.6) is 0 Å². The van der Waals surface area contributed by atoms with Gasteiger partial charge in [0.15, 0.2) is 0 Å². The molecule has 1 amide bonds. The number of hydrogen-bond acceptors (Lipinski definition) is 3. The Morgan fingerprint density at radius 2 is 1.79 bits per heavy atom. The standard InChI is InChI=1S/C15H27N3O/c16-12-15(6-1-2-7-15)14(19)18-10-5-13(11-18)17-8-3-4-9-17/h13H,1-12,16H2. The first kappa shape index (κ1) is 13.4. The van der Waals surface area contributed by atoms with Crippen LogP contribution < -0.4 is 5.73 Å². The molecule has 2 aliphatic heterocycles. The number of hydrogen-bond donors (Lipinski definition) is 1. The molecule has 0 bridgehead atoms. The summed E-state index contributed by atoms with van der Waals surface area (Å²) >= 11 is 0. The summed E-state index contributed by atoms with van der Waals surface area (Å²) in [6, 6.07) is 0.614. The molecule has 3 rings (SSSR count). The maximum absolute atomic E-state index is 12.8. The molecule has 4 nitrogen and oxygen atoms in total. The minimum Gasteiger partial charge on any atom is -0.341 e. The Hall–Kier alpha value is -0.610. The van der Waals surface area contributed by atoms with E-state index in [0.29, 0.717) is 18.5 Å². The van der Waals surface area contributed by atoms with Crippen molar-refractivity contribution >= 4 is 5.91 Å². The first-order chi connectivity index (χ1) is 9.25. The number of nitrogens with zero attached hydrogens (tertiary/aromatic N) is 2. The van der Waals surface area contributed by atoms with Crippen molar-refractivity contribution in [3.05, 3.63) is 0 Å². The van der Waals surface area contributed by atoms with Gasteiger partial charge in [-0.3, -0.25) is 9.69 Å². The lowest BCUT2D eigenvalue weighted by molar-refractivity contribution is -0.140. The van der Waals surface area contributed by atoms with Crippen LogP contribution in [0.3, 0.4) is 0 Å². The molecule has 1 atom stereocenters. The zero-order valence-electron chi connectivity index (χ0n) is 11.9. The van der Waals surface area contributed by atoms with Crippen molar-refractivity contribution in [1.82, 2.24) is 9.80 Å². The summed E-state index contributed by atoms with van der Waals surface area (Å²) in [7, 11) is 0. The average Bonchev–Trinajstić information content (AvgIpc) is 3.17. The Morgan fingerprint density at radius 3 is 2.42 bits per heavy atom. The van der Waals surface area contributed by atoms with Crippen LogP contribution in [0, 0.1) is 5.41 Å². The van der Waals surface area contributed by atoms with Gasteiger partial charge in [0.2, 0.25) is 5.91 Å². The van der Waals surface area contributed by atoms with Gasteiger partial charge in [-0.25, -0.2) is 0 Å². The molecule has 2 heterocycles. The van der Waals surface area contributed by atoms with E-state index in [1.807, 2.05) is 0 Å². The Balaban J connectivity index is 1.62. The summed E-state index contributed by atoms with van der Waals surface area (Å²) in [4.78, 5) is 17.5. The molecule has 19 heavy (non-hydrogen) atoms. The molecule has 2 saturated heterocycles. The molecule has 0 aromatic rings. The summed E-state index contributed by atoms with van der Waals surface area (Å²) < 4.78 is 0. The second-order valence-corrected chi connectivity index (χ2v) is 6.63. The van der Waals surface area contributed by atoms with Gasteiger partial charge in [-0.05, 0) is 45.2 Å². The van der Waals surface area contributed by atoms with E-state index in [2.05, 4.69) is 9.80 Å². The molecule has 1 aliphatic carbocycles. The Morgan fingerprint density at radius 1 is 1.11 bits per heavy atom. The molecule has 108 valence electrons. The molecule has 0 aromatic heterocycles. The van der Waals surface area contributed by atoms with Crippen LogP contribution in [0.2, 0.25) is 0 Å². The van der Waals surface area contributed by atoms with E-state index in [1.165, 1.54) is 38.8 Å². The predicted molar refractivity (Wildman–Crippen MR) is 75.7 cm³/mol. The minimum absolute atomic E-state index is 0.208. The second-order valence-electron chi connectivity index (χ2n) is 6.63. The summed E-state index contributed by atoms with van der Waals surface area (Å²) in [5.41, 5.74) is 5.73. The van der Waals surface area contributed by atoms with Gasteiger partial charge in [0, 0.05) is 25.7 Å². The first-order valence-corrected chi connectivity index (χ1v) is 7.99. The lowest BCUT2D eigenvalue weighted by Crippen LogP contribution is -2.47. The summed E-state index contributed by atoms with van der Waals surface area (Å²) in [6.45, 7) is 4.89. The monoisotopic (exact) mass is 265 g/mol. The van der Waals surface area contributed by atoms with Crippen LogP contribution in [0.1, 0.15) is 44.9 Å². The predicted octanol–water partition coefficient (Wildman–Crippen LogP) is 1.20. The SMILES string of the molecule is NCC1(C(=O)N2CCC(N3CCCC3)C2)CCCC1. The number of carbonyl (C=O) groups is 1. The Kier molecular flexibility index (Phi) is 3.81. The molecule has 0 radical (unpaired) electrons. The van der Waals surface area contributed by atoms with E-state index < -0.39 is 0 Å². The van der Waals surface area contributed by atoms with Gasteiger partial charge in [-0.2, -0.15) is 0 Å². The van der Waals surface area contributed by atoms with Crippen LogP contribution in [0.25, 0.3) is 0 Å². The summed E-state index contributed by atoms with van der Waals surface area (Å²) in [6.07, 6.45) is 8.18. The summed E-state index contributed by atoms with van der Waals surface area (Å²) in [5.74, 6) is 0.356. The smallest absolute Gasteiger partial charge is 0.230 e. The second kappa shape index (κ2) is 5.41. The van der Waals surface area contributed by atoms with Crippen molar-refractivity contribution in [1.29, 1.82) is 0 Å². The van der Waals surface area contributed by atoms with Crippen molar-refractivity contribution in [2.24, 2.45) is 11.1 Å². The third-order valence-electron chi connectivity index (χ3n) is 5.51. The molecule has 1 unspecified atom stereocenters. The van der Waals surface area contributed by atoms with Crippen LogP contribution in [-0.4, -0.2) is 54.5 Å². The van der Waals surface area contributed by atoms with Crippen molar-refractivity contribution in [3.8, 4) is 0 Å². The lowest BCUT2D eigenvalue weighted by atomic mass is 9.85. The van der Waals surface area contributed by atoms with E-state index in [1.54, 1.807) is 0 Å². The lowest BCUT2D eigenvalue weighted by Gasteiger charge is -2.32. The van der Waals surface area contributed by atoms with Crippen molar-refractivity contribution in [2.75, 3.05) is 32.7 Å². The number of rotatable bonds is 3. The normalized spacial score (nSPS) is 31.2. The van der Waals surface area contributed by atoms with Crippen molar-refractivity contribution in [3.63, 3.8) is 0 Å². The fourth-order valence-electron chi connectivity index (χ4n) is 4.22. The maximum atomic E-state index is 12.8. The molecule has 0 spiro atoms. The van der Waals surface area contributed by atoms with Gasteiger partial charge in [-0.1, -0.05) is 12.8 Å². The zero-order valence-corrected chi connectivity index (χ0v) is 11.9. The minimum atomic E-state index is -0.208. The fourth-order valence-corrected chi connectivity index (χ4v) is 4.22. The fraction of sp³-hybridized carbons (Fsp3) is 0.933. The number of likely N-dealkylation sites (tertiary alicyclic amines) is 2. The number of carbonyl (C=O) groups excluding carboxylic acids is 1. The van der Waals surface area contributed by atoms with E-state index >= 15 is 0 Å². The highest BCUT2D eigenvalue weighted by atomic mass is 16.2. The molecule has 4 heteroatoms. The Bertz CT molecular complexity index is 332. The van der Waals surface area contributed by atoms with Gasteiger partial charge < -0.3 is 10.6 Å². The van der Waals surface area contributed by atoms with Gasteiger partial charge in [0.25, 0.3) is 0 Å². The van der Waals surface area contributed by atoms with E-state index in [-0.39, 0.29) is 5.41 Å². The third-order valence-corrected chi connectivity index (χ3v) is 5.51. The third kappa shape index (κ3) is 2.40.